The van der Waals surface area contributed by atoms with Gasteiger partial charge in [0.15, 0.2) is 0 Å². The molecule has 0 unspecified atom stereocenters. The van der Waals surface area contributed by atoms with Gasteiger partial charge in [-0.1, -0.05) is 48.5 Å². The van der Waals surface area contributed by atoms with Crippen LogP contribution in [0.2, 0.25) is 0 Å². The van der Waals surface area contributed by atoms with Gasteiger partial charge in [-0.15, -0.1) is 0 Å². The predicted octanol–water partition coefficient (Wildman–Crippen LogP) is 4.81. The Bertz CT molecular complexity index is 1330. The summed E-state index contributed by atoms with van der Waals surface area (Å²) in [6, 6.07) is 24.9. The fourth-order valence-electron chi connectivity index (χ4n) is 5.73. The van der Waals surface area contributed by atoms with Crippen molar-refractivity contribution in [2.45, 2.75) is 19.4 Å². The van der Waals surface area contributed by atoms with Crippen LogP contribution in [0.4, 0.5) is 0 Å². The Kier molecular flexibility index (Phi) is 8.73. The molecule has 0 bridgehead atoms. The molecular weight excluding hydrogens is 482 g/mol. The summed E-state index contributed by atoms with van der Waals surface area (Å²) in [5, 5.41) is 10.2. The van der Waals surface area contributed by atoms with Crippen LogP contribution in [0.5, 0.6) is 0 Å². The van der Waals surface area contributed by atoms with Crippen molar-refractivity contribution in [3.8, 4) is 28.3 Å². The molecule has 1 amide bonds. The molecule has 2 aliphatic heterocycles. The van der Waals surface area contributed by atoms with Gasteiger partial charge in [0, 0.05) is 50.4 Å². The van der Waals surface area contributed by atoms with Crippen molar-refractivity contribution in [3.63, 3.8) is 0 Å². The summed E-state index contributed by atoms with van der Waals surface area (Å²) in [4.78, 5) is 22.7. The van der Waals surface area contributed by atoms with Crippen molar-refractivity contribution in [1.82, 2.24) is 19.6 Å². The first-order valence-corrected chi connectivity index (χ1v) is 14.1. The van der Waals surface area contributed by atoms with Gasteiger partial charge in [0.1, 0.15) is 0 Å². The van der Waals surface area contributed by atoms with Gasteiger partial charge in [0.25, 0.3) is 5.91 Å². The van der Waals surface area contributed by atoms with Crippen molar-refractivity contribution >= 4 is 5.91 Å². The molecule has 202 valence electrons. The number of carbonyl (C=O) groups excluding carboxylic acids is 1. The molecule has 2 saturated heterocycles. The molecular formula is C33H39N5O. The van der Waals surface area contributed by atoms with E-state index in [1.807, 2.05) is 47.4 Å². The number of carbonyl (C=O) groups is 1. The van der Waals surface area contributed by atoms with Crippen LogP contribution >= 0.6 is 0 Å². The van der Waals surface area contributed by atoms with E-state index in [2.05, 4.69) is 59.1 Å². The number of likely N-dealkylation sites (N-methyl/N-ethyl adjacent to an activating group) is 2. The van der Waals surface area contributed by atoms with Crippen molar-refractivity contribution in [2.75, 3.05) is 66.5 Å². The molecule has 5 rings (SSSR count). The van der Waals surface area contributed by atoms with E-state index in [-0.39, 0.29) is 5.91 Å². The second kappa shape index (κ2) is 12.6. The third-order valence-electron chi connectivity index (χ3n) is 8.07. The fourth-order valence-corrected chi connectivity index (χ4v) is 5.73. The Morgan fingerprint density at radius 3 is 2.23 bits per heavy atom. The topological polar surface area (TPSA) is 53.8 Å². The van der Waals surface area contributed by atoms with Crippen LogP contribution < -0.4 is 0 Å². The Morgan fingerprint density at radius 2 is 1.46 bits per heavy atom. The third kappa shape index (κ3) is 6.57. The summed E-state index contributed by atoms with van der Waals surface area (Å²) in [5.74, 6) is 0.0768. The average Bonchev–Trinajstić information content (AvgIpc) is 3.32. The Balaban J connectivity index is 1.47. The minimum atomic E-state index is 0.0768. The zero-order chi connectivity index (χ0) is 27.2. The van der Waals surface area contributed by atoms with Gasteiger partial charge in [-0.2, -0.15) is 5.26 Å². The third-order valence-corrected chi connectivity index (χ3v) is 8.07. The Morgan fingerprint density at radius 1 is 0.744 bits per heavy atom. The number of rotatable bonds is 5. The molecule has 0 radical (unpaired) electrons. The summed E-state index contributed by atoms with van der Waals surface area (Å²) < 4.78 is 0. The van der Waals surface area contributed by atoms with Gasteiger partial charge in [0.05, 0.1) is 11.6 Å². The molecule has 3 aromatic rings. The molecule has 6 nitrogen and oxygen atoms in total. The van der Waals surface area contributed by atoms with E-state index in [4.69, 9.17) is 0 Å². The number of hydrogen-bond donors (Lipinski definition) is 0. The number of benzene rings is 3. The summed E-state index contributed by atoms with van der Waals surface area (Å²) in [6.45, 7) is 8.60. The molecule has 0 aliphatic carbocycles. The minimum absolute atomic E-state index is 0.0768. The van der Waals surface area contributed by atoms with Crippen LogP contribution in [-0.2, 0) is 6.54 Å². The highest BCUT2D eigenvalue weighted by molar-refractivity contribution is 5.98. The lowest BCUT2D eigenvalue weighted by Gasteiger charge is -2.22. The van der Waals surface area contributed by atoms with Gasteiger partial charge >= 0.3 is 0 Å². The molecule has 0 saturated carbocycles. The van der Waals surface area contributed by atoms with E-state index in [0.29, 0.717) is 11.1 Å². The highest BCUT2D eigenvalue weighted by atomic mass is 16.2. The van der Waals surface area contributed by atoms with E-state index in [9.17, 15) is 10.1 Å². The summed E-state index contributed by atoms with van der Waals surface area (Å²) in [6.07, 6.45) is 2.15. The van der Waals surface area contributed by atoms with Gasteiger partial charge < -0.3 is 14.7 Å². The van der Waals surface area contributed by atoms with Crippen LogP contribution in [0.25, 0.3) is 22.3 Å². The van der Waals surface area contributed by atoms with Gasteiger partial charge in [0.2, 0.25) is 0 Å². The van der Waals surface area contributed by atoms with E-state index >= 15 is 0 Å². The van der Waals surface area contributed by atoms with Crippen molar-refractivity contribution < 1.29 is 4.79 Å². The normalized spacial score (nSPS) is 17.8. The largest absolute Gasteiger partial charge is 0.337 e. The van der Waals surface area contributed by atoms with Gasteiger partial charge in [-0.25, -0.2) is 0 Å². The van der Waals surface area contributed by atoms with Gasteiger partial charge in [-0.3, -0.25) is 9.69 Å². The highest BCUT2D eigenvalue weighted by Crippen LogP contribution is 2.35. The molecule has 6 heteroatoms. The molecule has 0 aromatic heterocycles. The standard InChI is InChI=1S/C33H39N5O/c1-35-14-6-16-37(20-18-35)25-26-10-12-30(29(22-26)24-34)31-13-11-28(23-32(31)27-8-4-3-5-9-27)33(39)38-17-7-15-36(2)19-21-38/h3-5,8-13,22-23H,6-7,14-21,25H2,1-2H3. The fraction of sp³-hybridized carbons (Fsp3) is 0.394. The number of amides is 1. The Hall–Kier alpha value is -3.50. The zero-order valence-electron chi connectivity index (χ0n) is 23.3. The SMILES string of the molecule is CN1CCCN(Cc2ccc(-c3ccc(C(=O)N4CCCN(C)CC4)cc3-c3ccccc3)c(C#N)c2)CC1. The summed E-state index contributed by atoms with van der Waals surface area (Å²) in [5.41, 5.74) is 6.44. The lowest BCUT2D eigenvalue weighted by Crippen LogP contribution is -2.34. The zero-order valence-corrected chi connectivity index (χ0v) is 23.3. The molecule has 0 atom stereocenters. The van der Waals surface area contributed by atoms with Crippen LogP contribution in [0.1, 0.15) is 34.3 Å². The lowest BCUT2D eigenvalue weighted by molar-refractivity contribution is 0.0763. The smallest absolute Gasteiger partial charge is 0.253 e. The first kappa shape index (κ1) is 27.1. The predicted molar refractivity (Wildman–Crippen MR) is 157 cm³/mol. The molecule has 2 heterocycles. The summed E-state index contributed by atoms with van der Waals surface area (Å²) >= 11 is 0. The number of nitriles is 1. The second-order valence-corrected chi connectivity index (χ2v) is 11.0. The van der Waals surface area contributed by atoms with Gasteiger partial charge in [-0.05, 0) is 87.0 Å². The van der Waals surface area contributed by atoms with E-state index in [1.165, 1.54) is 12.0 Å². The quantitative estimate of drug-likeness (QED) is 0.483. The van der Waals surface area contributed by atoms with Crippen LogP contribution in [-0.4, -0.2) is 92.0 Å². The summed E-state index contributed by atoms with van der Waals surface area (Å²) in [7, 11) is 4.29. The van der Waals surface area contributed by atoms with Crippen LogP contribution in [0.15, 0.2) is 66.7 Å². The van der Waals surface area contributed by atoms with Crippen molar-refractivity contribution in [1.29, 1.82) is 5.26 Å². The molecule has 39 heavy (non-hydrogen) atoms. The van der Waals surface area contributed by atoms with E-state index in [0.717, 1.165) is 87.6 Å². The molecule has 2 fully saturated rings. The number of nitrogens with zero attached hydrogens (tertiary/aromatic N) is 5. The molecule has 3 aromatic carbocycles. The molecule has 0 N–H and O–H groups in total. The lowest BCUT2D eigenvalue weighted by atomic mass is 9.89. The average molecular weight is 522 g/mol. The van der Waals surface area contributed by atoms with Crippen molar-refractivity contribution in [3.05, 3.63) is 83.4 Å². The van der Waals surface area contributed by atoms with Crippen molar-refractivity contribution in [2.24, 2.45) is 0 Å². The number of hydrogen-bond acceptors (Lipinski definition) is 5. The second-order valence-electron chi connectivity index (χ2n) is 11.0. The molecule has 0 spiro atoms. The first-order valence-electron chi connectivity index (χ1n) is 14.1. The van der Waals surface area contributed by atoms with E-state index < -0.39 is 0 Å². The highest BCUT2D eigenvalue weighted by Gasteiger charge is 2.21. The minimum Gasteiger partial charge on any atom is -0.337 e. The van der Waals surface area contributed by atoms with E-state index in [1.54, 1.807) is 0 Å². The first-order chi connectivity index (χ1) is 19.0. The van der Waals surface area contributed by atoms with Crippen LogP contribution in [0, 0.1) is 11.3 Å². The monoisotopic (exact) mass is 521 g/mol. The maximum absolute atomic E-state index is 13.5. The van der Waals surface area contributed by atoms with Crippen LogP contribution in [0.3, 0.4) is 0 Å². The maximum Gasteiger partial charge on any atom is 0.253 e. The maximum atomic E-state index is 13.5. The Labute approximate surface area is 233 Å². The molecule has 2 aliphatic rings.